The summed E-state index contributed by atoms with van der Waals surface area (Å²) < 4.78 is 34.1. The van der Waals surface area contributed by atoms with E-state index < -0.39 is 18.7 Å². The van der Waals surface area contributed by atoms with Crippen molar-refractivity contribution >= 4 is 28.5 Å². The minimum Gasteiger partial charge on any atom is -0.404 e. The zero-order valence-corrected chi connectivity index (χ0v) is 15.4. The van der Waals surface area contributed by atoms with Crippen molar-refractivity contribution in [1.82, 2.24) is 38.9 Å². The highest BCUT2D eigenvalue weighted by molar-refractivity contribution is 5.72. The molecule has 11 nitrogen and oxygen atoms in total. The van der Waals surface area contributed by atoms with Crippen molar-refractivity contribution in [3.05, 3.63) is 53.3 Å². The molecule has 0 aliphatic heterocycles. The monoisotopic (exact) mass is 413 g/mol. The van der Waals surface area contributed by atoms with Crippen molar-refractivity contribution in [2.24, 2.45) is 0 Å². The van der Waals surface area contributed by atoms with Crippen molar-refractivity contribution in [3.63, 3.8) is 0 Å². The molecule has 0 saturated heterocycles. The van der Waals surface area contributed by atoms with Gasteiger partial charge in [-0.15, -0.1) is 0 Å². The highest BCUT2D eigenvalue weighted by Crippen LogP contribution is 2.21. The number of pyridine rings is 1. The fourth-order valence-electron chi connectivity index (χ4n) is 3.03. The van der Waals surface area contributed by atoms with Gasteiger partial charge >= 0.3 is 5.76 Å². The third-order valence-corrected chi connectivity index (χ3v) is 4.40. The second-order valence-corrected chi connectivity index (χ2v) is 6.45. The molecule has 152 valence electrons. The van der Waals surface area contributed by atoms with Crippen LogP contribution in [-0.4, -0.2) is 45.3 Å². The summed E-state index contributed by atoms with van der Waals surface area (Å²) in [6.07, 6.45) is 4.58. The number of hydrogen-bond acceptors (Lipinski definition) is 8. The molecular weight excluding hydrogens is 400 g/mol. The van der Waals surface area contributed by atoms with Crippen LogP contribution in [0, 0.1) is 6.92 Å². The summed E-state index contributed by atoms with van der Waals surface area (Å²) in [5.41, 5.74) is 2.85. The van der Waals surface area contributed by atoms with Crippen LogP contribution in [0.2, 0.25) is 0 Å². The first kappa shape index (κ1) is 17.9. The van der Waals surface area contributed by atoms with E-state index in [0.717, 1.165) is 14.8 Å². The molecule has 0 bridgehead atoms. The van der Waals surface area contributed by atoms with Crippen LogP contribution in [0.25, 0.3) is 22.6 Å². The first-order chi connectivity index (χ1) is 14.5. The molecule has 0 aliphatic carbocycles. The van der Waals surface area contributed by atoms with Crippen molar-refractivity contribution in [3.8, 4) is 5.69 Å². The Labute approximate surface area is 165 Å². The molecule has 0 spiro atoms. The normalized spacial score (nSPS) is 11.7. The lowest BCUT2D eigenvalue weighted by Crippen LogP contribution is -2.12. The largest absolute Gasteiger partial charge is 0.426 e. The lowest BCUT2D eigenvalue weighted by molar-refractivity contribution is 0.122. The number of hydrogen-bond donors (Lipinski definition) is 1. The van der Waals surface area contributed by atoms with Crippen molar-refractivity contribution in [1.29, 1.82) is 0 Å². The first-order valence-electron chi connectivity index (χ1n) is 8.74. The zero-order valence-electron chi connectivity index (χ0n) is 15.4. The molecule has 0 aromatic carbocycles. The number of fused-ring (bicyclic) bond motifs is 2. The lowest BCUT2D eigenvalue weighted by Gasteiger charge is -2.08. The quantitative estimate of drug-likeness (QED) is 0.464. The molecular formula is C17H13F2N9O2. The Hall–Kier alpha value is -4.16. The maximum absolute atomic E-state index is 12.6. The summed E-state index contributed by atoms with van der Waals surface area (Å²) in [4.78, 5) is 25.0. The van der Waals surface area contributed by atoms with Gasteiger partial charge in [0.2, 0.25) is 5.95 Å². The summed E-state index contributed by atoms with van der Waals surface area (Å²) in [6.45, 7) is 1.30. The van der Waals surface area contributed by atoms with Gasteiger partial charge in [0.1, 0.15) is 12.9 Å². The average molecular weight is 413 g/mol. The number of alkyl halides is 2. The van der Waals surface area contributed by atoms with Gasteiger partial charge in [0.05, 0.1) is 30.0 Å². The van der Waals surface area contributed by atoms with Crippen LogP contribution in [-0.2, 0) is 6.54 Å². The summed E-state index contributed by atoms with van der Waals surface area (Å²) in [6, 6.07) is 1.85. The number of aromatic nitrogens is 8. The third kappa shape index (κ3) is 3.05. The van der Waals surface area contributed by atoms with Crippen LogP contribution in [0.15, 0.2) is 46.4 Å². The Morgan fingerprint density at radius 3 is 2.90 bits per heavy atom. The first-order valence-corrected chi connectivity index (χ1v) is 8.74. The minimum absolute atomic E-state index is 0.149. The molecule has 0 atom stereocenters. The van der Waals surface area contributed by atoms with Crippen LogP contribution in [0.1, 0.15) is 5.56 Å². The molecule has 30 heavy (non-hydrogen) atoms. The second-order valence-electron chi connectivity index (χ2n) is 6.45. The van der Waals surface area contributed by atoms with Crippen LogP contribution in [0.4, 0.5) is 20.4 Å². The maximum Gasteiger partial charge on any atom is 0.426 e. The number of aryl methyl sites for hydroxylation is 1. The molecule has 5 aromatic rings. The van der Waals surface area contributed by atoms with E-state index in [9.17, 15) is 13.6 Å². The van der Waals surface area contributed by atoms with E-state index in [1.165, 1.54) is 24.9 Å². The van der Waals surface area contributed by atoms with Crippen molar-refractivity contribution in [2.45, 2.75) is 19.9 Å². The molecule has 5 rings (SSSR count). The average Bonchev–Trinajstić information content (AvgIpc) is 3.39. The van der Waals surface area contributed by atoms with Crippen LogP contribution in [0.5, 0.6) is 0 Å². The highest BCUT2D eigenvalue weighted by atomic mass is 19.3. The molecule has 0 saturated carbocycles. The van der Waals surface area contributed by atoms with Gasteiger partial charge in [-0.1, -0.05) is 0 Å². The summed E-state index contributed by atoms with van der Waals surface area (Å²) >= 11 is 0. The molecule has 1 N–H and O–H groups in total. The predicted octanol–water partition coefficient (Wildman–Crippen LogP) is 1.93. The highest BCUT2D eigenvalue weighted by Gasteiger charge is 2.17. The van der Waals surface area contributed by atoms with Gasteiger partial charge < -0.3 is 9.73 Å². The number of rotatable bonds is 5. The van der Waals surface area contributed by atoms with Gasteiger partial charge in [0.25, 0.3) is 6.43 Å². The van der Waals surface area contributed by atoms with E-state index in [4.69, 9.17) is 4.42 Å². The summed E-state index contributed by atoms with van der Waals surface area (Å²) in [5.74, 6) is -0.521. The Morgan fingerprint density at radius 1 is 1.20 bits per heavy atom. The molecule has 0 amide bonds. The SMILES string of the molecule is Cc1cc2ncnn2cc1Nc1ncc2oc(=O)n(-c3cnn(CC(F)F)c3)c2n1. The second kappa shape index (κ2) is 6.72. The number of oxazole rings is 1. The van der Waals surface area contributed by atoms with E-state index >= 15 is 0 Å². The van der Waals surface area contributed by atoms with Crippen LogP contribution >= 0.6 is 0 Å². The third-order valence-electron chi connectivity index (χ3n) is 4.40. The van der Waals surface area contributed by atoms with Gasteiger partial charge in [0, 0.05) is 6.20 Å². The van der Waals surface area contributed by atoms with Gasteiger partial charge in [0.15, 0.2) is 16.9 Å². The van der Waals surface area contributed by atoms with Gasteiger partial charge in [-0.3, -0.25) is 4.68 Å². The van der Waals surface area contributed by atoms with Gasteiger partial charge in [-0.2, -0.15) is 15.2 Å². The Morgan fingerprint density at radius 2 is 2.07 bits per heavy atom. The number of halogens is 2. The Balaban J connectivity index is 1.55. The fraction of sp³-hybridized carbons (Fsp3) is 0.176. The predicted molar refractivity (Wildman–Crippen MR) is 100 cm³/mol. The molecule has 5 heterocycles. The Kier molecular flexibility index (Phi) is 4.01. The summed E-state index contributed by atoms with van der Waals surface area (Å²) in [7, 11) is 0. The molecule has 0 unspecified atom stereocenters. The molecule has 0 fully saturated rings. The van der Waals surface area contributed by atoms with Crippen LogP contribution < -0.4 is 11.1 Å². The molecule has 0 radical (unpaired) electrons. The smallest absolute Gasteiger partial charge is 0.404 e. The summed E-state index contributed by atoms with van der Waals surface area (Å²) in [5, 5.41) is 11.0. The molecule has 0 aliphatic rings. The van der Waals surface area contributed by atoms with Gasteiger partial charge in [-0.25, -0.2) is 32.6 Å². The number of nitrogens with zero attached hydrogens (tertiary/aromatic N) is 8. The van der Waals surface area contributed by atoms with Crippen molar-refractivity contribution in [2.75, 3.05) is 5.32 Å². The van der Waals surface area contributed by atoms with Gasteiger partial charge in [-0.05, 0) is 18.6 Å². The lowest BCUT2D eigenvalue weighted by atomic mass is 10.2. The van der Waals surface area contributed by atoms with E-state index in [-0.39, 0.29) is 22.9 Å². The van der Waals surface area contributed by atoms with E-state index in [0.29, 0.717) is 11.3 Å². The minimum atomic E-state index is -2.57. The fourth-order valence-corrected chi connectivity index (χ4v) is 3.03. The Bertz CT molecular complexity index is 1430. The number of nitrogens with one attached hydrogen (secondary N) is 1. The maximum atomic E-state index is 12.6. The topological polar surface area (TPSA) is 121 Å². The van der Waals surface area contributed by atoms with E-state index in [2.05, 4.69) is 30.5 Å². The van der Waals surface area contributed by atoms with Crippen molar-refractivity contribution < 1.29 is 13.2 Å². The van der Waals surface area contributed by atoms with Crippen LogP contribution in [0.3, 0.4) is 0 Å². The van der Waals surface area contributed by atoms with E-state index in [1.807, 2.05) is 13.0 Å². The zero-order chi connectivity index (χ0) is 20.8. The molecule has 13 heteroatoms. The number of anilines is 2. The standard InChI is InChI=1S/C17H13F2N9O2/c1-9-2-14-21-8-23-27(14)6-11(9)24-16-20-4-12-15(25-16)28(17(29)30-12)10-3-22-26(5-10)7-13(18)19/h2-6,8,13H,7H2,1H3,(H,20,24,25). The van der Waals surface area contributed by atoms with E-state index in [1.54, 1.807) is 10.7 Å². The molecule has 5 aromatic heterocycles.